The lowest BCUT2D eigenvalue weighted by Crippen LogP contribution is -2.38. The molecule has 1 aliphatic rings. The van der Waals surface area contributed by atoms with Gasteiger partial charge in [0.15, 0.2) is 0 Å². The van der Waals surface area contributed by atoms with E-state index >= 15 is 0 Å². The molecule has 0 heterocycles. The summed E-state index contributed by atoms with van der Waals surface area (Å²) in [7, 11) is 1.63. The van der Waals surface area contributed by atoms with Crippen LogP contribution < -0.4 is 9.47 Å². The number of benzene rings is 2. The SMILES string of the molecule is C/C=C(C(=O)Oc1ccc(Cc2ccc(OC)cc2)cc1)\C(=C/C1C(C)CC1C(C)=O)C(=O)O. The molecule has 0 radical (unpaired) electrons. The number of Topliss-reactive ketones (excluding diaryl/α,β-unsaturated/α-hetero) is 1. The maximum absolute atomic E-state index is 12.8. The Hall–Kier alpha value is -3.67. The van der Waals surface area contributed by atoms with Crippen molar-refractivity contribution in [3.63, 3.8) is 0 Å². The zero-order valence-corrected chi connectivity index (χ0v) is 19.9. The Morgan fingerprint density at radius 1 is 0.971 bits per heavy atom. The van der Waals surface area contributed by atoms with Gasteiger partial charge < -0.3 is 14.6 Å². The lowest BCUT2D eigenvalue weighted by molar-refractivity contribution is -0.135. The maximum Gasteiger partial charge on any atom is 0.344 e. The lowest BCUT2D eigenvalue weighted by atomic mass is 9.63. The van der Waals surface area contributed by atoms with Crippen LogP contribution in [0.4, 0.5) is 0 Å². The summed E-state index contributed by atoms with van der Waals surface area (Å²) in [6, 6.07) is 14.9. The molecule has 1 N–H and O–H groups in total. The molecule has 0 saturated heterocycles. The number of carboxylic acids is 1. The third-order valence-electron chi connectivity index (χ3n) is 6.36. The molecule has 0 aromatic heterocycles. The lowest BCUT2D eigenvalue weighted by Gasteiger charge is -2.40. The summed E-state index contributed by atoms with van der Waals surface area (Å²) in [6.45, 7) is 5.08. The van der Waals surface area contributed by atoms with Crippen LogP contribution in [0.1, 0.15) is 38.3 Å². The quantitative estimate of drug-likeness (QED) is 0.244. The third kappa shape index (κ3) is 5.81. The number of hydrogen-bond donors (Lipinski definition) is 1. The van der Waals surface area contributed by atoms with Crippen molar-refractivity contribution >= 4 is 17.7 Å². The summed E-state index contributed by atoms with van der Waals surface area (Å²) >= 11 is 0. The van der Waals surface area contributed by atoms with Crippen LogP contribution in [0.3, 0.4) is 0 Å². The molecule has 0 spiro atoms. The van der Waals surface area contributed by atoms with Gasteiger partial charge in [0.05, 0.1) is 18.3 Å². The van der Waals surface area contributed by atoms with Crippen molar-refractivity contribution in [1.29, 1.82) is 0 Å². The van der Waals surface area contributed by atoms with E-state index in [1.165, 1.54) is 19.1 Å². The molecule has 2 aromatic rings. The van der Waals surface area contributed by atoms with Crippen molar-refractivity contribution in [3.8, 4) is 11.5 Å². The number of ether oxygens (including phenoxy) is 2. The Kier molecular flexibility index (Phi) is 8.05. The second-order valence-corrected chi connectivity index (χ2v) is 8.65. The van der Waals surface area contributed by atoms with Crippen molar-refractivity contribution in [2.24, 2.45) is 17.8 Å². The van der Waals surface area contributed by atoms with E-state index in [0.29, 0.717) is 12.2 Å². The number of aliphatic carboxylic acids is 1. The van der Waals surface area contributed by atoms with Gasteiger partial charge in [-0.2, -0.15) is 0 Å². The van der Waals surface area contributed by atoms with Gasteiger partial charge in [-0.1, -0.05) is 43.3 Å². The van der Waals surface area contributed by atoms with Crippen LogP contribution in [-0.2, 0) is 20.8 Å². The summed E-state index contributed by atoms with van der Waals surface area (Å²) in [5, 5.41) is 9.77. The molecule has 6 heteroatoms. The molecule has 178 valence electrons. The van der Waals surface area contributed by atoms with Gasteiger partial charge in [-0.3, -0.25) is 4.79 Å². The highest BCUT2D eigenvalue weighted by Crippen LogP contribution is 2.42. The molecule has 3 rings (SSSR count). The smallest absolute Gasteiger partial charge is 0.344 e. The largest absolute Gasteiger partial charge is 0.497 e. The summed E-state index contributed by atoms with van der Waals surface area (Å²) < 4.78 is 10.6. The Morgan fingerprint density at radius 3 is 1.97 bits per heavy atom. The van der Waals surface area contributed by atoms with E-state index in [-0.39, 0.29) is 34.7 Å². The molecule has 6 nitrogen and oxygen atoms in total. The molecule has 1 aliphatic carbocycles. The summed E-state index contributed by atoms with van der Waals surface area (Å²) in [5.74, 6) is -1.05. The molecule has 34 heavy (non-hydrogen) atoms. The number of carboxylic acid groups (broad SMARTS) is 1. The molecule has 3 unspecified atom stereocenters. The Labute approximate surface area is 199 Å². The zero-order valence-electron chi connectivity index (χ0n) is 19.9. The van der Waals surface area contributed by atoms with Gasteiger partial charge in [0.25, 0.3) is 0 Å². The molecule has 3 atom stereocenters. The van der Waals surface area contributed by atoms with E-state index in [1.807, 2.05) is 43.3 Å². The third-order valence-corrected chi connectivity index (χ3v) is 6.36. The average Bonchev–Trinajstić information content (AvgIpc) is 2.81. The van der Waals surface area contributed by atoms with Gasteiger partial charge in [-0.25, -0.2) is 9.59 Å². The molecule has 2 aromatic carbocycles. The summed E-state index contributed by atoms with van der Waals surface area (Å²) in [4.78, 5) is 36.6. The average molecular weight is 463 g/mol. The minimum atomic E-state index is -1.22. The molecule has 1 saturated carbocycles. The fourth-order valence-corrected chi connectivity index (χ4v) is 4.30. The van der Waals surface area contributed by atoms with Gasteiger partial charge in [-0.05, 0) is 73.9 Å². The van der Waals surface area contributed by atoms with Crippen molar-refractivity contribution < 1.29 is 29.0 Å². The predicted octanol–water partition coefficient (Wildman–Crippen LogP) is 5.01. The molecular weight excluding hydrogens is 432 g/mol. The van der Waals surface area contributed by atoms with Crippen LogP contribution in [0, 0.1) is 17.8 Å². The maximum atomic E-state index is 12.8. The second-order valence-electron chi connectivity index (χ2n) is 8.65. The second kappa shape index (κ2) is 11.0. The Morgan fingerprint density at radius 2 is 1.53 bits per heavy atom. The van der Waals surface area contributed by atoms with E-state index in [2.05, 4.69) is 0 Å². The Balaban J connectivity index is 1.71. The number of rotatable bonds is 9. The first-order valence-electron chi connectivity index (χ1n) is 11.3. The van der Waals surface area contributed by atoms with Crippen LogP contribution in [-0.4, -0.2) is 29.9 Å². The van der Waals surface area contributed by atoms with E-state index in [4.69, 9.17) is 9.47 Å². The fourth-order valence-electron chi connectivity index (χ4n) is 4.30. The Bertz CT molecular complexity index is 1110. The topological polar surface area (TPSA) is 89.9 Å². The summed E-state index contributed by atoms with van der Waals surface area (Å²) in [5.41, 5.74) is 1.99. The zero-order chi connectivity index (χ0) is 24.8. The van der Waals surface area contributed by atoms with Gasteiger partial charge in [0, 0.05) is 5.92 Å². The van der Waals surface area contributed by atoms with Crippen molar-refractivity contribution in [2.75, 3.05) is 7.11 Å². The normalized spacial score (nSPS) is 20.3. The molecule has 0 amide bonds. The van der Waals surface area contributed by atoms with E-state index in [9.17, 15) is 19.5 Å². The number of carbonyl (C=O) groups is 3. The number of esters is 1. The van der Waals surface area contributed by atoms with Crippen molar-refractivity contribution in [1.82, 2.24) is 0 Å². The fraction of sp³-hybridized carbons (Fsp3) is 0.321. The van der Waals surface area contributed by atoms with Crippen LogP contribution in [0.15, 0.2) is 71.8 Å². The number of methoxy groups -OCH3 is 1. The van der Waals surface area contributed by atoms with Crippen LogP contribution in [0.25, 0.3) is 0 Å². The van der Waals surface area contributed by atoms with E-state index in [1.54, 1.807) is 26.2 Å². The monoisotopic (exact) mass is 462 g/mol. The highest BCUT2D eigenvalue weighted by Gasteiger charge is 2.40. The first kappa shape index (κ1) is 25.0. The summed E-state index contributed by atoms with van der Waals surface area (Å²) in [6.07, 6.45) is 4.41. The first-order valence-corrected chi connectivity index (χ1v) is 11.3. The molecule has 0 bridgehead atoms. The highest BCUT2D eigenvalue weighted by molar-refractivity contribution is 6.07. The number of carbonyl (C=O) groups excluding carboxylic acids is 2. The molecule has 1 fully saturated rings. The minimum absolute atomic E-state index is 0.0309. The van der Waals surface area contributed by atoms with Gasteiger partial charge in [-0.15, -0.1) is 0 Å². The van der Waals surface area contributed by atoms with Gasteiger partial charge >= 0.3 is 11.9 Å². The number of ketones is 1. The molecule has 0 aliphatic heterocycles. The van der Waals surface area contributed by atoms with Crippen LogP contribution >= 0.6 is 0 Å². The predicted molar refractivity (Wildman–Crippen MR) is 129 cm³/mol. The van der Waals surface area contributed by atoms with E-state index < -0.39 is 11.9 Å². The number of hydrogen-bond acceptors (Lipinski definition) is 5. The van der Waals surface area contributed by atoms with Crippen LogP contribution in [0.5, 0.6) is 11.5 Å². The minimum Gasteiger partial charge on any atom is -0.497 e. The standard InChI is InChI=1S/C28H30O6/c1-5-23(26(27(30)31)16-24-17(2)14-25(24)18(3)29)28(32)34-22-12-8-20(9-13-22)15-19-6-10-21(33-4)11-7-19/h5-13,16-17,24-25H,14-15H2,1-4H3,(H,30,31)/b23-5+,26-16+. The highest BCUT2D eigenvalue weighted by atomic mass is 16.5. The van der Waals surface area contributed by atoms with Crippen molar-refractivity contribution in [3.05, 3.63) is 83.0 Å². The molecular formula is C28H30O6. The van der Waals surface area contributed by atoms with Crippen LogP contribution in [0.2, 0.25) is 0 Å². The van der Waals surface area contributed by atoms with Crippen molar-refractivity contribution in [2.45, 2.75) is 33.6 Å². The number of allylic oxidation sites excluding steroid dienone is 2. The first-order chi connectivity index (χ1) is 16.2. The van der Waals surface area contributed by atoms with Gasteiger partial charge in [0.2, 0.25) is 0 Å². The van der Waals surface area contributed by atoms with Gasteiger partial charge in [0.1, 0.15) is 17.3 Å². The van der Waals surface area contributed by atoms with E-state index in [0.717, 1.165) is 23.3 Å².